The second-order valence-electron chi connectivity index (χ2n) is 6.25. The van der Waals surface area contributed by atoms with Crippen LogP contribution in [-0.4, -0.2) is 31.1 Å². The van der Waals surface area contributed by atoms with E-state index in [9.17, 15) is 9.18 Å². The molecule has 0 unspecified atom stereocenters. The molecule has 2 heterocycles. The number of benzene rings is 2. The van der Waals surface area contributed by atoms with Gasteiger partial charge < -0.3 is 9.73 Å². The van der Waals surface area contributed by atoms with E-state index in [-0.39, 0.29) is 5.82 Å². The molecular formula is C20H19FN2O2. The van der Waals surface area contributed by atoms with Crippen LogP contribution in [0.3, 0.4) is 0 Å². The van der Waals surface area contributed by atoms with E-state index in [1.54, 1.807) is 24.3 Å². The first-order valence-electron chi connectivity index (χ1n) is 8.47. The van der Waals surface area contributed by atoms with Gasteiger partial charge in [-0.05, 0) is 12.1 Å². The minimum Gasteiger partial charge on any atom is -0.422 e. The van der Waals surface area contributed by atoms with Crippen molar-refractivity contribution in [1.82, 2.24) is 10.2 Å². The monoisotopic (exact) mass is 338 g/mol. The quantitative estimate of drug-likeness (QED) is 0.746. The van der Waals surface area contributed by atoms with Crippen molar-refractivity contribution in [2.45, 2.75) is 6.54 Å². The van der Waals surface area contributed by atoms with E-state index in [0.717, 1.165) is 31.6 Å². The summed E-state index contributed by atoms with van der Waals surface area (Å²) >= 11 is 0. The molecule has 1 N–H and O–H groups in total. The summed E-state index contributed by atoms with van der Waals surface area (Å²) in [5.74, 6) is -0.334. The minimum absolute atomic E-state index is 0.334. The SMILES string of the molecule is O=c1oc2ccccc2c(-c2ccccc2F)c1CN1CCNCC1. The van der Waals surface area contributed by atoms with Crippen LogP contribution in [0.1, 0.15) is 5.56 Å². The summed E-state index contributed by atoms with van der Waals surface area (Å²) in [5, 5.41) is 4.06. The van der Waals surface area contributed by atoms with Crippen LogP contribution in [0.15, 0.2) is 57.7 Å². The third-order valence-electron chi connectivity index (χ3n) is 4.64. The number of hydrogen-bond donors (Lipinski definition) is 1. The first-order valence-corrected chi connectivity index (χ1v) is 8.47. The van der Waals surface area contributed by atoms with Crippen LogP contribution in [-0.2, 0) is 6.54 Å². The van der Waals surface area contributed by atoms with Crippen LogP contribution in [0.4, 0.5) is 4.39 Å². The highest BCUT2D eigenvalue weighted by molar-refractivity contribution is 5.95. The van der Waals surface area contributed by atoms with Gasteiger partial charge in [0.05, 0.1) is 5.56 Å². The lowest BCUT2D eigenvalue weighted by molar-refractivity contribution is 0.231. The number of nitrogens with one attached hydrogen (secondary N) is 1. The summed E-state index contributed by atoms with van der Waals surface area (Å²) in [6.45, 7) is 3.92. The molecule has 0 amide bonds. The average Bonchev–Trinajstić information content (AvgIpc) is 2.64. The van der Waals surface area contributed by atoms with Gasteiger partial charge in [0.25, 0.3) is 0 Å². The Morgan fingerprint density at radius 1 is 1.04 bits per heavy atom. The summed E-state index contributed by atoms with van der Waals surface area (Å²) in [6, 6.07) is 13.9. The van der Waals surface area contributed by atoms with E-state index in [1.165, 1.54) is 6.07 Å². The van der Waals surface area contributed by atoms with Crippen LogP contribution in [0.5, 0.6) is 0 Å². The molecule has 0 radical (unpaired) electrons. The molecule has 4 nitrogen and oxygen atoms in total. The molecule has 128 valence electrons. The molecule has 1 aromatic heterocycles. The molecule has 0 atom stereocenters. The van der Waals surface area contributed by atoms with Crippen molar-refractivity contribution in [3.8, 4) is 11.1 Å². The fraction of sp³-hybridized carbons (Fsp3) is 0.250. The lowest BCUT2D eigenvalue weighted by Crippen LogP contribution is -2.43. The Hall–Kier alpha value is -2.50. The lowest BCUT2D eigenvalue weighted by Gasteiger charge is -2.27. The molecule has 3 aromatic rings. The molecule has 1 aliphatic rings. The molecule has 1 aliphatic heterocycles. The Balaban J connectivity index is 1.94. The van der Waals surface area contributed by atoms with E-state index in [4.69, 9.17) is 4.42 Å². The summed E-state index contributed by atoms with van der Waals surface area (Å²) < 4.78 is 20.1. The number of halogens is 1. The molecule has 5 heteroatoms. The third kappa shape index (κ3) is 3.08. The largest absolute Gasteiger partial charge is 0.422 e. The van der Waals surface area contributed by atoms with Crippen molar-refractivity contribution in [3.05, 3.63) is 70.3 Å². The van der Waals surface area contributed by atoms with Crippen LogP contribution >= 0.6 is 0 Å². The highest BCUT2D eigenvalue weighted by Gasteiger charge is 2.21. The van der Waals surface area contributed by atoms with Crippen LogP contribution < -0.4 is 10.9 Å². The van der Waals surface area contributed by atoms with Crippen molar-refractivity contribution < 1.29 is 8.81 Å². The van der Waals surface area contributed by atoms with Crippen molar-refractivity contribution in [2.75, 3.05) is 26.2 Å². The summed E-state index contributed by atoms with van der Waals surface area (Å²) in [7, 11) is 0. The van der Waals surface area contributed by atoms with E-state index < -0.39 is 5.63 Å². The summed E-state index contributed by atoms with van der Waals surface area (Å²) in [4.78, 5) is 14.9. The standard InChI is InChI=1S/C20H19FN2O2/c21-17-7-3-1-5-14(17)19-15-6-2-4-8-18(15)25-20(24)16(19)13-23-11-9-22-10-12-23/h1-8,22H,9-13H2. The number of rotatable bonds is 3. The number of para-hydroxylation sites is 1. The second kappa shape index (κ2) is 6.78. The molecule has 0 bridgehead atoms. The van der Waals surface area contributed by atoms with Gasteiger partial charge in [-0.2, -0.15) is 0 Å². The van der Waals surface area contributed by atoms with Crippen molar-refractivity contribution in [1.29, 1.82) is 0 Å². The van der Waals surface area contributed by atoms with Gasteiger partial charge in [0.1, 0.15) is 11.4 Å². The molecule has 0 saturated carbocycles. The Bertz CT molecular complexity index is 961. The maximum atomic E-state index is 14.5. The average molecular weight is 338 g/mol. The van der Waals surface area contributed by atoms with E-state index in [0.29, 0.717) is 28.8 Å². The highest BCUT2D eigenvalue weighted by Crippen LogP contribution is 2.32. The smallest absolute Gasteiger partial charge is 0.341 e. The number of piperazine rings is 1. The number of hydrogen-bond acceptors (Lipinski definition) is 4. The molecule has 0 spiro atoms. The normalized spacial score (nSPS) is 15.6. The zero-order chi connectivity index (χ0) is 17.2. The van der Waals surface area contributed by atoms with E-state index >= 15 is 0 Å². The van der Waals surface area contributed by atoms with Gasteiger partial charge in [0.2, 0.25) is 0 Å². The third-order valence-corrected chi connectivity index (χ3v) is 4.64. The molecule has 25 heavy (non-hydrogen) atoms. The Morgan fingerprint density at radius 3 is 2.56 bits per heavy atom. The topological polar surface area (TPSA) is 45.5 Å². The molecule has 2 aromatic carbocycles. The van der Waals surface area contributed by atoms with E-state index in [1.807, 2.05) is 18.2 Å². The van der Waals surface area contributed by atoms with Gasteiger partial charge in [-0.15, -0.1) is 0 Å². The predicted molar refractivity (Wildman–Crippen MR) is 96.0 cm³/mol. The predicted octanol–water partition coefficient (Wildman–Crippen LogP) is 3.00. The van der Waals surface area contributed by atoms with Crippen LogP contribution in [0, 0.1) is 5.82 Å². The minimum atomic E-state index is -0.393. The van der Waals surface area contributed by atoms with E-state index in [2.05, 4.69) is 10.2 Å². The maximum absolute atomic E-state index is 14.5. The summed E-state index contributed by atoms with van der Waals surface area (Å²) in [6.07, 6.45) is 0. The van der Waals surface area contributed by atoms with Gasteiger partial charge in [-0.25, -0.2) is 9.18 Å². The Kier molecular flexibility index (Phi) is 4.34. The molecule has 1 fully saturated rings. The fourth-order valence-electron chi connectivity index (χ4n) is 3.40. The van der Waals surface area contributed by atoms with Crippen molar-refractivity contribution in [3.63, 3.8) is 0 Å². The van der Waals surface area contributed by atoms with Gasteiger partial charge >= 0.3 is 5.63 Å². The molecular weight excluding hydrogens is 319 g/mol. The fourth-order valence-corrected chi connectivity index (χ4v) is 3.40. The van der Waals surface area contributed by atoms with Crippen LogP contribution in [0.2, 0.25) is 0 Å². The first-order chi connectivity index (χ1) is 12.2. The zero-order valence-corrected chi connectivity index (χ0v) is 13.8. The molecule has 1 saturated heterocycles. The van der Waals surface area contributed by atoms with Crippen molar-refractivity contribution in [2.24, 2.45) is 0 Å². The molecule has 4 rings (SSSR count). The number of nitrogens with zero attached hydrogens (tertiary/aromatic N) is 1. The van der Waals surface area contributed by atoms with Gasteiger partial charge in [0.15, 0.2) is 0 Å². The molecule has 0 aliphatic carbocycles. The zero-order valence-electron chi connectivity index (χ0n) is 13.8. The Labute approximate surface area is 144 Å². The van der Waals surface area contributed by atoms with Gasteiger partial charge in [-0.3, -0.25) is 4.90 Å². The summed E-state index contributed by atoms with van der Waals surface area (Å²) in [5.41, 5.74) is 1.69. The van der Waals surface area contributed by atoms with Crippen molar-refractivity contribution >= 4 is 11.0 Å². The highest BCUT2D eigenvalue weighted by atomic mass is 19.1. The first kappa shape index (κ1) is 16.0. The Morgan fingerprint density at radius 2 is 1.76 bits per heavy atom. The van der Waals surface area contributed by atoms with Crippen LogP contribution in [0.25, 0.3) is 22.1 Å². The number of fused-ring (bicyclic) bond motifs is 1. The van der Waals surface area contributed by atoms with Gasteiger partial charge in [-0.1, -0.05) is 36.4 Å². The van der Waals surface area contributed by atoms with Gasteiger partial charge in [0, 0.05) is 49.2 Å². The lowest BCUT2D eigenvalue weighted by atomic mass is 9.96. The second-order valence-corrected chi connectivity index (χ2v) is 6.25. The maximum Gasteiger partial charge on any atom is 0.341 e.